The van der Waals surface area contributed by atoms with Gasteiger partial charge in [0.05, 0.1) is 5.69 Å². The third-order valence-corrected chi connectivity index (χ3v) is 3.28. The lowest BCUT2D eigenvalue weighted by atomic mass is 10.1. The van der Waals surface area contributed by atoms with E-state index in [1.807, 2.05) is 56.3 Å². The number of carbonyl (C=O) groups excluding carboxylic acids is 1. The van der Waals surface area contributed by atoms with Gasteiger partial charge in [0, 0.05) is 12.1 Å². The minimum absolute atomic E-state index is 0.151. The molecule has 0 heterocycles. The Hall–Kier alpha value is -2.33. The molecule has 1 amide bonds. The first-order chi connectivity index (χ1) is 10.1. The minimum atomic E-state index is -0.151. The summed E-state index contributed by atoms with van der Waals surface area (Å²) in [5.74, 6) is 0.474. The van der Waals surface area contributed by atoms with Gasteiger partial charge in [-0.1, -0.05) is 18.2 Å². The van der Waals surface area contributed by atoms with Crippen molar-refractivity contribution in [3.63, 3.8) is 0 Å². The summed E-state index contributed by atoms with van der Waals surface area (Å²) in [6.07, 6.45) is 0. The van der Waals surface area contributed by atoms with Gasteiger partial charge in [-0.15, -0.1) is 0 Å². The molecule has 0 aromatic heterocycles. The molecule has 0 unspecified atom stereocenters. The number of hydrogen-bond acceptors (Lipinski definition) is 3. The minimum Gasteiger partial charge on any atom is -0.490 e. The Morgan fingerprint density at radius 3 is 2.62 bits per heavy atom. The van der Waals surface area contributed by atoms with E-state index in [2.05, 4.69) is 5.32 Å². The molecule has 0 saturated carbocycles. The molecule has 2 rings (SSSR count). The number of para-hydroxylation sites is 2. The summed E-state index contributed by atoms with van der Waals surface area (Å²) in [6.45, 7) is 4.85. The average molecular weight is 284 g/mol. The molecule has 0 fully saturated rings. The van der Waals surface area contributed by atoms with E-state index < -0.39 is 0 Å². The van der Waals surface area contributed by atoms with E-state index in [0.29, 0.717) is 30.2 Å². The number of amides is 1. The maximum atomic E-state index is 12.3. The van der Waals surface area contributed by atoms with Crippen LogP contribution in [0.15, 0.2) is 42.5 Å². The maximum Gasteiger partial charge on any atom is 0.255 e. The molecule has 2 aromatic rings. The van der Waals surface area contributed by atoms with Gasteiger partial charge in [-0.2, -0.15) is 0 Å². The number of rotatable bonds is 5. The number of nitrogens with one attached hydrogen (secondary N) is 1. The van der Waals surface area contributed by atoms with E-state index in [1.54, 1.807) is 0 Å². The molecule has 0 bridgehead atoms. The fourth-order valence-corrected chi connectivity index (χ4v) is 1.94. The highest BCUT2D eigenvalue weighted by atomic mass is 16.5. The summed E-state index contributed by atoms with van der Waals surface area (Å²) >= 11 is 0. The Bertz CT molecular complexity index is 638. The first-order valence-corrected chi connectivity index (χ1v) is 6.92. The van der Waals surface area contributed by atoms with Crippen LogP contribution in [0, 0.1) is 13.8 Å². The molecule has 0 aliphatic carbocycles. The fraction of sp³-hybridized carbons (Fsp3) is 0.235. The van der Waals surface area contributed by atoms with Crippen molar-refractivity contribution in [1.82, 2.24) is 0 Å². The first-order valence-electron chi connectivity index (χ1n) is 6.92. The lowest BCUT2D eigenvalue weighted by molar-refractivity contribution is 0.102. The number of aryl methyl sites for hydroxylation is 2. The van der Waals surface area contributed by atoms with Crippen LogP contribution in [0.4, 0.5) is 5.69 Å². The normalized spacial score (nSPS) is 10.2. The lowest BCUT2D eigenvalue weighted by Crippen LogP contribution is -2.15. The number of anilines is 1. The quantitative estimate of drug-likeness (QED) is 0.887. The second-order valence-corrected chi connectivity index (χ2v) is 4.89. The Labute approximate surface area is 124 Å². The molecule has 21 heavy (non-hydrogen) atoms. The highest BCUT2D eigenvalue weighted by Crippen LogP contribution is 2.24. The summed E-state index contributed by atoms with van der Waals surface area (Å²) in [7, 11) is 0. The van der Waals surface area contributed by atoms with Crippen molar-refractivity contribution in [2.75, 3.05) is 18.5 Å². The summed E-state index contributed by atoms with van der Waals surface area (Å²) in [5.41, 5.74) is 8.97. The van der Waals surface area contributed by atoms with E-state index in [-0.39, 0.29) is 5.91 Å². The Kier molecular flexibility index (Phi) is 4.95. The van der Waals surface area contributed by atoms with Gasteiger partial charge in [0.2, 0.25) is 0 Å². The zero-order valence-electron chi connectivity index (χ0n) is 12.3. The topological polar surface area (TPSA) is 64.3 Å². The number of carbonyl (C=O) groups is 1. The molecule has 0 saturated heterocycles. The lowest BCUT2D eigenvalue weighted by Gasteiger charge is -2.12. The van der Waals surface area contributed by atoms with E-state index >= 15 is 0 Å². The van der Waals surface area contributed by atoms with E-state index in [4.69, 9.17) is 10.5 Å². The van der Waals surface area contributed by atoms with E-state index in [0.717, 1.165) is 5.56 Å². The number of ether oxygens (including phenoxy) is 1. The SMILES string of the molecule is Cc1ccc(C(=O)Nc2ccccc2OCCN)cc1C. The Morgan fingerprint density at radius 2 is 1.90 bits per heavy atom. The molecule has 4 heteroatoms. The van der Waals surface area contributed by atoms with E-state index in [9.17, 15) is 4.79 Å². The second-order valence-electron chi connectivity index (χ2n) is 4.89. The monoisotopic (exact) mass is 284 g/mol. The van der Waals surface area contributed by atoms with Gasteiger partial charge in [-0.05, 0) is 49.2 Å². The van der Waals surface area contributed by atoms with Crippen molar-refractivity contribution in [2.24, 2.45) is 5.73 Å². The van der Waals surface area contributed by atoms with Crippen LogP contribution in [0.25, 0.3) is 0 Å². The fourth-order valence-electron chi connectivity index (χ4n) is 1.94. The van der Waals surface area contributed by atoms with Crippen molar-refractivity contribution in [1.29, 1.82) is 0 Å². The van der Waals surface area contributed by atoms with Gasteiger partial charge in [-0.3, -0.25) is 4.79 Å². The van der Waals surface area contributed by atoms with Crippen LogP contribution in [0.2, 0.25) is 0 Å². The zero-order valence-corrected chi connectivity index (χ0v) is 12.3. The first kappa shape index (κ1) is 15.1. The van der Waals surface area contributed by atoms with Gasteiger partial charge in [0.1, 0.15) is 12.4 Å². The van der Waals surface area contributed by atoms with Crippen molar-refractivity contribution in [3.8, 4) is 5.75 Å². The molecule has 4 nitrogen and oxygen atoms in total. The Morgan fingerprint density at radius 1 is 1.14 bits per heavy atom. The average Bonchev–Trinajstić information content (AvgIpc) is 2.49. The summed E-state index contributed by atoms with van der Waals surface area (Å²) in [4.78, 5) is 12.3. The third kappa shape index (κ3) is 3.83. The smallest absolute Gasteiger partial charge is 0.255 e. The Balaban J connectivity index is 2.17. The number of benzene rings is 2. The molecule has 110 valence electrons. The van der Waals surface area contributed by atoms with Crippen molar-refractivity contribution < 1.29 is 9.53 Å². The van der Waals surface area contributed by atoms with Crippen LogP contribution in [0.5, 0.6) is 5.75 Å². The van der Waals surface area contributed by atoms with Gasteiger partial charge in [0.25, 0.3) is 5.91 Å². The van der Waals surface area contributed by atoms with Gasteiger partial charge in [-0.25, -0.2) is 0 Å². The molecule has 0 atom stereocenters. The van der Waals surface area contributed by atoms with Crippen LogP contribution < -0.4 is 15.8 Å². The molecule has 2 aromatic carbocycles. The van der Waals surface area contributed by atoms with Gasteiger partial charge < -0.3 is 15.8 Å². The molecular formula is C17H20N2O2. The van der Waals surface area contributed by atoms with Gasteiger partial charge >= 0.3 is 0 Å². The molecule has 0 aliphatic heterocycles. The van der Waals surface area contributed by atoms with Crippen molar-refractivity contribution in [3.05, 3.63) is 59.2 Å². The molecular weight excluding hydrogens is 264 g/mol. The van der Waals surface area contributed by atoms with E-state index in [1.165, 1.54) is 5.56 Å². The molecule has 0 aliphatic rings. The summed E-state index contributed by atoms with van der Waals surface area (Å²) < 4.78 is 5.53. The van der Waals surface area contributed by atoms with Crippen molar-refractivity contribution in [2.45, 2.75) is 13.8 Å². The third-order valence-electron chi connectivity index (χ3n) is 3.28. The summed E-state index contributed by atoms with van der Waals surface area (Å²) in [6, 6.07) is 13.0. The number of nitrogens with two attached hydrogens (primary N) is 1. The van der Waals surface area contributed by atoms with Gasteiger partial charge in [0.15, 0.2) is 0 Å². The highest BCUT2D eigenvalue weighted by molar-refractivity contribution is 6.05. The number of hydrogen-bond donors (Lipinski definition) is 2. The predicted octanol–water partition coefficient (Wildman–Crippen LogP) is 2.89. The summed E-state index contributed by atoms with van der Waals surface area (Å²) in [5, 5.41) is 2.88. The maximum absolute atomic E-state index is 12.3. The van der Waals surface area contributed by atoms with Crippen LogP contribution >= 0.6 is 0 Å². The molecule has 3 N–H and O–H groups in total. The van der Waals surface area contributed by atoms with Crippen LogP contribution in [0.3, 0.4) is 0 Å². The standard InChI is InChI=1S/C17H20N2O2/c1-12-7-8-14(11-13(12)2)17(20)19-15-5-3-4-6-16(15)21-10-9-18/h3-8,11H,9-10,18H2,1-2H3,(H,19,20). The van der Waals surface area contributed by atoms with Crippen LogP contribution in [-0.4, -0.2) is 19.1 Å². The molecule has 0 radical (unpaired) electrons. The molecule has 0 spiro atoms. The highest BCUT2D eigenvalue weighted by Gasteiger charge is 2.10. The predicted molar refractivity (Wildman–Crippen MR) is 84.9 cm³/mol. The van der Waals surface area contributed by atoms with Crippen LogP contribution in [0.1, 0.15) is 21.5 Å². The van der Waals surface area contributed by atoms with Crippen LogP contribution in [-0.2, 0) is 0 Å². The van der Waals surface area contributed by atoms with Crippen molar-refractivity contribution >= 4 is 11.6 Å². The zero-order chi connectivity index (χ0) is 15.2. The second kappa shape index (κ2) is 6.90. The largest absolute Gasteiger partial charge is 0.490 e.